The summed E-state index contributed by atoms with van der Waals surface area (Å²) < 4.78 is 0. The molecule has 3 rings (SSSR count). The van der Waals surface area contributed by atoms with Crippen LogP contribution in [0.1, 0.15) is 31.1 Å². The molecular formula is C17H11NO3. The molecule has 0 spiro atoms. The average Bonchev–Trinajstić information content (AvgIpc) is 2.78. The lowest BCUT2D eigenvalue weighted by atomic mass is 10.1. The molecule has 1 aliphatic rings. The van der Waals surface area contributed by atoms with Crippen LogP contribution >= 0.6 is 0 Å². The topological polar surface area (TPSA) is 54.5 Å². The minimum Gasteiger partial charge on any atom is -0.289 e. The third-order valence-electron chi connectivity index (χ3n) is 3.26. The molecule has 2 aromatic carbocycles. The van der Waals surface area contributed by atoms with Gasteiger partial charge >= 0.3 is 0 Å². The monoisotopic (exact) mass is 277 g/mol. The third-order valence-corrected chi connectivity index (χ3v) is 3.26. The predicted molar refractivity (Wildman–Crippen MR) is 76.9 cm³/mol. The zero-order valence-electron chi connectivity index (χ0n) is 11.0. The lowest BCUT2D eigenvalue weighted by Crippen LogP contribution is -2.23. The van der Waals surface area contributed by atoms with E-state index in [4.69, 9.17) is 0 Å². The maximum Gasteiger partial charge on any atom is 0.265 e. The van der Waals surface area contributed by atoms with E-state index in [9.17, 15) is 14.4 Å². The molecule has 1 aliphatic heterocycles. The zero-order valence-corrected chi connectivity index (χ0v) is 11.0. The van der Waals surface area contributed by atoms with Gasteiger partial charge in [0.2, 0.25) is 0 Å². The molecule has 21 heavy (non-hydrogen) atoms. The molecule has 1 heterocycles. The second-order valence-electron chi connectivity index (χ2n) is 4.57. The number of ketones is 1. The van der Waals surface area contributed by atoms with E-state index >= 15 is 0 Å². The molecule has 0 saturated carbocycles. The smallest absolute Gasteiger partial charge is 0.265 e. The van der Waals surface area contributed by atoms with Gasteiger partial charge in [0.15, 0.2) is 5.78 Å². The first-order valence-corrected chi connectivity index (χ1v) is 6.43. The molecule has 2 amide bonds. The molecule has 0 radical (unpaired) electrons. The van der Waals surface area contributed by atoms with Gasteiger partial charge in [-0.3, -0.25) is 14.4 Å². The molecule has 0 bridgehead atoms. The normalized spacial score (nSPS) is 13.8. The van der Waals surface area contributed by atoms with E-state index in [1.54, 1.807) is 48.5 Å². The van der Waals surface area contributed by atoms with Gasteiger partial charge < -0.3 is 0 Å². The number of nitrogens with zero attached hydrogens (tertiary/aromatic N) is 1. The van der Waals surface area contributed by atoms with Crippen LogP contribution in [0.3, 0.4) is 0 Å². The second-order valence-corrected chi connectivity index (χ2v) is 4.57. The van der Waals surface area contributed by atoms with Gasteiger partial charge in [0.1, 0.15) is 0 Å². The van der Waals surface area contributed by atoms with Crippen LogP contribution in [0.5, 0.6) is 0 Å². The second kappa shape index (κ2) is 5.17. The van der Waals surface area contributed by atoms with Gasteiger partial charge in [0.05, 0.1) is 11.1 Å². The van der Waals surface area contributed by atoms with Crippen LogP contribution in [0.2, 0.25) is 0 Å². The number of rotatable bonds is 3. The molecule has 0 atom stereocenters. The summed E-state index contributed by atoms with van der Waals surface area (Å²) >= 11 is 0. The van der Waals surface area contributed by atoms with Gasteiger partial charge in [-0.1, -0.05) is 42.5 Å². The van der Waals surface area contributed by atoms with E-state index in [-0.39, 0.29) is 5.78 Å². The summed E-state index contributed by atoms with van der Waals surface area (Å²) in [4.78, 5) is 37.1. The molecule has 102 valence electrons. The standard InChI is InChI=1S/C17H11NO3/c19-15(12-6-2-1-3-7-12)10-11-18-16(20)13-8-4-5-9-14(13)17(18)21/h1-11H. The van der Waals surface area contributed by atoms with Gasteiger partial charge in [0, 0.05) is 17.8 Å². The Morgan fingerprint density at radius 1 is 0.810 bits per heavy atom. The summed E-state index contributed by atoms with van der Waals surface area (Å²) in [6.07, 6.45) is 2.47. The van der Waals surface area contributed by atoms with Crippen LogP contribution in [0.15, 0.2) is 66.9 Å². The first-order chi connectivity index (χ1) is 10.2. The first-order valence-electron chi connectivity index (χ1n) is 6.43. The van der Waals surface area contributed by atoms with Crippen molar-refractivity contribution in [1.29, 1.82) is 0 Å². The maximum absolute atomic E-state index is 12.1. The average molecular weight is 277 g/mol. The summed E-state index contributed by atoms with van der Waals surface area (Å²) in [5, 5.41) is 0. The van der Waals surface area contributed by atoms with E-state index in [0.29, 0.717) is 16.7 Å². The summed E-state index contributed by atoms with van der Waals surface area (Å²) in [6.45, 7) is 0. The van der Waals surface area contributed by atoms with Crippen LogP contribution in [0.25, 0.3) is 0 Å². The highest BCUT2D eigenvalue weighted by Crippen LogP contribution is 2.22. The summed E-state index contributed by atoms with van der Waals surface area (Å²) in [5.74, 6) is -1.08. The van der Waals surface area contributed by atoms with Gasteiger partial charge in [-0.25, -0.2) is 4.90 Å². The van der Waals surface area contributed by atoms with E-state index < -0.39 is 11.8 Å². The Labute approximate surface area is 121 Å². The number of hydrogen-bond acceptors (Lipinski definition) is 3. The number of amides is 2. The van der Waals surface area contributed by atoms with Gasteiger partial charge in [-0.2, -0.15) is 0 Å². The quantitative estimate of drug-likeness (QED) is 0.492. The highest BCUT2D eigenvalue weighted by molar-refractivity contribution is 6.22. The van der Waals surface area contributed by atoms with Crippen LogP contribution in [-0.4, -0.2) is 22.5 Å². The Morgan fingerprint density at radius 2 is 1.33 bits per heavy atom. The largest absolute Gasteiger partial charge is 0.289 e. The van der Waals surface area contributed by atoms with Crippen molar-refractivity contribution in [3.05, 3.63) is 83.6 Å². The SMILES string of the molecule is O=C(C=CN1C(=O)c2ccccc2C1=O)c1ccccc1. The molecular weight excluding hydrogens is 266 g/mol. The highest BCUT2D eigenvalue weighted by atomic mass is 16.2. The number of allylic oxidation sites excluding steroid dienone is 1. The summed E-state index contributed by atoms with van der Waals surface area (Å²) in [5.41, 5.74) is 1.23. The molecule has 0 saturated heterocycles. The third kappa shape index (κ3) is 2.27. The van der Waals surface area contributed by atoms with Crippen molar-refractivity contribution in [3.63, 3.8) is 0 Å². The summed E-state index contributed by atoms with van der Waals surface area (Å²) in [6, 6.07) is 15.3. The van der Waals surface area contributed by atoms with Crippen LogP contribution in [0.4, 0.5) is 0 Å². The fraction of sp³-hybridized carbons (Fsp3) is 0. The number of fused-ring (bicyclic) bond motifs is 1. The summed E-state index contributed by atoms with van der Waals surface area (Å²) in [7, 11) is 0. The molecule has 4 nitrogen and oxygen atoms in total. The number of carbonyl (C=O) groups is 3. The van der Waals surface area contributed by atoms with Gasteiger partial charge in [0.25, 0.3) is 11.8 Å². The Hall–Kier alpha value is -3.01. The Balaban J connectivity index is 1.84. The molecule has 0 fully saturated rings. The van der Waals surface area contributed by atoms with E-state index in [1.807, 2.05) is 6.07 Å². The molecule has 2 aromatic rings. The van der Waals surface area contributed by atoms with Crippen molar-refractivity contribution in [2.24, 2.45) is 0 Å². The van der Waals surface area contributed by atoms with Crippen molar-refractivity contribution < 1.29 is 14.4 Å². The lowest BCUT2D eigenvalue weighted by molar-refractivity contribution is 0.0721. The lowest BCUT2D eigenvalue weighted by Gasteiger charge is -2.06. The van der Waals surface area contributed by atoms with Crippen molar-refractivity contribution >= 4 is 17.6 Å². The number of imide groups is 1. The van der Waals surface area contributed by atoms with Gasteiger partial charge in [-0.15, -0.1) is 0 Å². The van der Waals surface area contributed by atoms with E-state index in [0.717, 1.165) is 4.90 Å². The Morgan fingerprint density at radius 3 is 1.90 bits per heavy atom. The maximum atomic E-state index is 12.1. The van der Waals surface area contributed by atoms with Crippen LogP contribution in [-0.2, 0) is 0 Å². The Bertz CT molecular complexity index is 728. The predicted octanol–water partition coefficient (Wildman–Crippen LogP) is 2.68. The van der Waals surface area contributed by atoms with Gasteiger partial charge in [-0.05, 0) is 12.1 Å². The van der Waals surface area contributed by atoms with Crippen LogP contribution in [0, 0.1) is 0 Å². The first kappa shape index (κ1) is 13.0. The Kier molecular flexibility index (Phi) is 3.20. The fourth-order valence-electron chi connectivity index (χ4n) is 2.18. The minimum atomic E-state index is -0.410. The number of hydrogen-bond donors (Lipinski definition) is 0. The van der Waals surface area contributed by atoms with Crippen LogP contribution < -0.4 is 0 Å². The molecule has 0 aliphatic carbocycles. The number of benzene rings is 2. The van der Waals surface area contributed by atoms with E-state index in [2.05, 4.69) is 0 Å². The zero-order chi connectivity index (χ0) is 14.8. The molecule has 0 unspecified atom stereocenters. The van der Waals surface area contributed by atoms with Crippen molar-refractivity contribution in [1.82, 2.24) is 4.90 Å². The van der Waals surface area contributed by atoms with Crippen molar-refractivity contribution in [2.45, 2.75) is 0 Å². The number of carbonyl (C=O) groups excluding carboxylic acids is 3. The molecule has 4 heteroatoms. The molecule has 0 N–H and O–H groups in total. The van der Waals surface area contributed by atoms with Crippen molar-refractivity contribution in [2.75, 3.05) is 0 Å². The fourth-order valence-corrected chi connectivity index (χ4v) is 2.18. The van der Waals surface area contributed by atoms with Crippen molar-refractivity contribution in [3.8, 4) is 0 Å². The minimum absolute atomic E-state index is 0.257. The molecule has 0 aromatic heterocycles. The van der Waals surface area contributed by atoms with E-state index in [1.165, 1.54) is 12.3 Å². The highest BCUT2D eigenvalue weighted by Gasteiger charge is 2.33.